The number of hydrogen-bond acceptors (Lipinski definition) is 7. The molecule has 2 heterocycles. The molecule has 1 aliphatic heterocycles. The van der Waals surface area contributed by atoms with E-state index in [9.17, 15) is 9.59 Å². The second-order valence-electron chi connectivity index (χ2n) is 9.30. The molecule has 0 radical (unpaired) electrons. The Kier molecular flexibility index (Phi) is 8.78. The normalized spacial score (nSPS) is 13.8. The van der Waals surface area contributed by atoms with Crippen molar-refractivity contribution < 1.29 is 14.3 Å². The Morgan fingerprint density at radius 1 is 0.951 bits per heavy atom. The Bertz CT molecular complexity index is 1580. The van der Waals surface area contributed by atoms with Crippen molar-refractivity contribution in [3.05, 3.63) is 115 Å². The lowest BCUT2D eigenvalue weighted by Gasteiger charge is -2.14. The molecule has 0 saturated carbocycles. The first kappa shape index (κ1) is 27.3. The minimum atomic E-state index is -0.316. The molecule has 1 aliphatic rings. The van der Waals surface area contributed by atoms with Gasteiger partial charge in [0.2, 0.25) is 11.9 Å². The van der Waals surface area contributed by atoms with Gasteiger partial charge in [-0.25, -0.2) is 9.97 Å². The number of anilines is 4. The van der Waals surface area contributed by atoms with Crippen LogP contribution in [0.1, 0.15) is 22.3 Å². The average Bonchev–Trinajstić information content (AvgIpc) is 2.98. The minimum absolute atomic E-state index is 0.277. The van der Waals surface area contributed by atoms with Crippen LogP contribution in [-0.4, -0.2) is 34.9 Å². The molecule has 41 heavy (non-hydrogen) atoms. The molecule has 0 unspecified atom stereocenters. The Hall–Kier alpha value is -5.28. The van der Waals surface area contributed by atoms with E-state index in [-0.39, 0.29) is 11.8 Å². The molecule has 2 amide bonds. The van der Waals surface area contributed by atoms with E-state index in [1.807, 2.05) is 48.5 Å². The first-order valence-corrected chi connectivity index (χ1v) is 13.2. The summed E-state index contributed by atoms with van der Waals surface area (Å²) in [7, 11) is 0. The number of rotatable bonds is 4. The molecule has 3 aromatic carbocycles. The molecule has 0 fully saturated rings. The highest BCUT2D eigenvalue weighted by Gasteiger charge is 2.11. The molecular weight excluding hydrogens is 516 g/mol. The van der Waals surface area contributed by atoms with Crippen LogP contribution in [0.25, 0.3) is 11.3 Å². The Morgan fingerprint density at radius 3 is 2.68 bits per heavy atom. The fraction of sp³-hybridized carbons (Fsp3) is 0.125. The van der Waals surface area contributed by atoms with Crippen LogP contribution < -0.4 is 26.0 Å². The lowest BCUT2D eigenvalue weighted by atomic mass is 10.1. The van der Waals surface area contributed by atoms with Gasteiger partial charge in [0.1, 0.15) is 5.75 Å². The van der Waals surface area contributed by atoms with Gasteiger partial charge in [0.05, 0.1) is 12.3 Å². The van der Waals surface area contributed by atoms with E-state index in [0.29, 0.717) is 42.6 Å². The number of amides is 2. The zero-order valence-corrected chi connectivity index (χ0v) is 22.4. The van der Waals surface area contributed by atoms with Gasteiger partial charge in [-0.15, -0.1) is 0 Å². The van der Waals surface area contributed by atoms with E-state index in [0.717, 1.165) is 34.7 Å². The van der Waals surface area contributed by atoms with Crippen molar-refractivity contribution in [2.75, 3.05) is 29.1 Å². The van der Waals surface area contributed by atoms with E-state index in [1.54, 1.807) is 30.5 Å². The van der Waals surface area contributed by atoms with Crippen LogP contribution in [0.2, 0.25) is 0 Å². The van der Waals surface area contributed by atoms with E-state index in [2.05, 4.69) is 45.0 Å². The maximum Gasteiger partial charge on any atom is 0.255 e. The summed E-state index contributed by atoms with van der Waals surface area (Å²) in [6.45, 7) is 5.30. The maximum absolute atomic E-state index is 13.1. The predicted octanol–water partition coefficient (Wildman–Crippen LogP) is 5.69. The van der Waals surface area contributed by atoms with Crippen molar-refractivity contribution in [1.29, 1.82) is 0 Å². The second-order valence-corrected chi connectivity index (χ2v) is 9.30. The van der Waals surface area contributed by atoms with Gasteiger partial charge < -0.3 is 26.0 Å². The van der Waals surface area contributed by atoms with Gasteiger partial charge in [0, 0.05) is 47.5 Å². The third-order valence-electron chi connectivity index (χ3n) is 6.20. The summed E-state index contributed by atoms with van der Waals surface area (Å²) in [5.74, 6) is 0.619. The summed E-state index contributed by atoms with van der Waals surface area (Å²) in [6.07, 6.45) is 7.86. The number of nitrogens with zero attached hydrogens (tertiary/aromatic N) is 2. The number of nitrogens with one attached hydrogen (secondary N) is 4. The van der Waals surface area contributed by atoms with Crippen LogP contribution in [0.3, 0.4) is 0 Å². The first-order valence-electron chi connectivity index (χ1n) is 13.2. The summed E-state index contributed by atoms with van der Waals surface area (Å²) in [5, 5.41) is 12.3. The smallest absolute Gasteiger partial charge is 0.255 e. The zero-order valence-electron chi connectivity index (χ0n) is 22.4. The Morgan fingerprint density at radius 2 is 1.83 bits per heavy atom. The van der Waals surface area contributed by atoms with Gasteiger partial charge >= 0.3 is 0 Å². The lowest BCUT2D eigenvalue weighted by molar-refractivity contribution is -0.111. The minimum Gasteiger partial charge on any atom is -0.493 e. The summed E-state index contributed by atoms with van der Waals surface area (Å²) < 4.78 is 5.91. The lowest BCUT2D eigenvalue weighted by Crippen LogP contribution is -2.15. The van der Waals surface area contributed by atoms with Gasteiger partial charge in [-0.1, -0.05) is 30.9 Å². The van der Waals surface area contributed by atoms with Gasteiger partial charge in [0.15, 0.2) is 0 Å². The van der Waals surface area contributed by atoms with E-state index >= 15 is 0 Å². The molecule has 0 atom stereocenters. The molecule has 206 valence electrons. The van der Waals surface area contributed by atoms with E-state index < -0.39 is 0 Å². The molecule has 9 heteroatoms. The van der Waals surface area contributed by atoms with Crippen LogP contribution in [0, 0.1) is 0 Å². The number of aromatic nitrogens is 2. The van der Waals surface area contributed by atoms with E-state index in [1.165, 1.54) is 6.08 Å². The van der Waals surface area contributed by atoms with Crippen molar-refractivity contribution in [3.63, 3.8) is 0 Å². The van der Waals surface area contributed by atoms with Crippen LogP contribution in [0.4, 0.5) is 23.0 Å². The molecule has 0 spiro atoms. The highest BCUT2D eigenvalue weighted by Crippen LogP contribution is 2.26. The standard InChI is InChI=1S/C32H30N6O3/c1-2-30(39)35-25-11-9-23(10-12-25)31(40)36-26-17-22-18-27(20-26)37-32-34-15-13-29(38-32)24-7-6-8-28(19-24)41-16-5-3-4-14-33-21-22/h2-4,6-13,15,17-20,33H,1,5,14,16,21H2,(H,35,39)(H,36,40)(H,34,37,38)/b4-3+. The highest BCUT2D eigenvalue weighted by molar-refractivity contribution is 6.05. The van der Waals surface area contributed by atoms with Crippen molar-refractivity contribution in [1.82, 2.24) is 15.3 Å². The number of carbonyl (C=O) groups excluding carboxylic acids is 2. The molecule has 4 aromatic rings. The monoisotopic (exact) mass is 546 g/mol. The van der Waals surface area contributed by atoms with Crippen molar-refractivity contribution in [3.8, 4) is 17.0 Å². The molecule has 0 saturated heterocycles. The summed E-state index contributed by atoms with van der Waals surface area (Å²) in [4.78, 5) is 33.7. The third kappa shape index (κ3) is 7.65. The van der Waals surface area contributed by atoms with Crippen molar-refractivity contribution in [2.24, 2.45) is 0 Å². The van der Waals surface area contributed by atoms with Crippen molar-refractivity contribution >= 4 is 34.8 Å². The average molecular weight is 547 g/mol. The molecular formula is C32H30N6O3. The van der Waals surface area contributed by atoms with Crippen LogP contribution >= 0.6 is 0 Å². The molecule has 5 rings (SSSR count). The number of fused-ring (bicyclic) bond motifs is 7. The molecule has 4 N–H and O–H groups in total. The highest BCUT2D eigenvalue weighted by atomic mass is 16.5. The molecule has 0 aliphatic carbocycles. The maximum atomic E-state index is 13.1. The quantitative estimate of drug-likeness (QED) is 0.192. The van der Waals surface area contributed by atoms with Crippen LogP contribution in [0.15, 0.2) is 104 Å². The number of ether oxygens (including phenoxy) is 1. The largest absolute Gasteiger partial charge is 0.493 e. The van der Waals surface area contributed by atoms with E-state index in [4.69, 9.17) is 9.72 Å². The van der Waals surface area contributed by atoms with Crippen LogP contribution in [0.5, 0.6) is 5.75 Å². The molecule has 6 bridgehead atoms. The number of hydrogen-bond donors (Lipinski definition) is 4. The van der Waals surface area contributed by atoms with Gasteiger partial charge in [-0.05, 0) is 78.7 Å². The van der Waals surface area contributed by atoms with Gasteiger partial charge in [0.25, 0.3) is 5.91 Å². The van der Waals surface area contributed by atoms with Crippen LogP contribution in [-0.2, 0) is 11.3 Å². The fourth-order valence-electron chi connectivity index (χ4n) is 4.24. The number of carbonyl (C=O) groups is 2. The number of benzene rings is 3. The predicted molar refractivity (Wildman–Crippen MR) is 161 cm³/mol. The third-order valence-corrected chi connectivity index (χ3v) is 6.20. The molecule has 1 aromatic heterocycles. The Labute approximate surface area is 238 Å². The SMILES string of the molecule is C=CC(=O)Nc1ccc(C(=O)Nc2cc3cc(c2)Nc2nccc(n2)-c2cccc(c2)OCC/C=C/CNC3)cc1. The summed E-state index contributed by atoms with van der Waals surface area (Å²) in [6, 6.07) is 22.1. The molecule has 9 nitrogen and oxygen atoms in total. The second kappa shape index (κ2) is 13.2. The fourth-order valence-corrected chi connectivity index (χ4v) is 4.24. The van der Waals surface area contributed by atoms with Crippen molar-refractivity contribution in [2.45, 2.75) is 13.0 Å². The topological polar surface area (TPSA) is 117 Å². The first-order chi connectivity index (χ1) is 20.1. The summed E-state index contributed by atoms with van der Waals surface area (Å²) >= 11 is 0. The summed E-state index contributed by atoms with van der Waals surface area (Å²) in [5.41, 5.74) is 5.02. The zero-order chi connectivity index (χ0) is 28.4. The van der Waals surface area contributed by atoms with Gasteiger partial charge in [-0.3, -0.25) is 9.59 Å². The van der Waals surface area contributed by atoms with Gasteiger partial charge in [-0.2, -0.15) is 0 Å². The Balaban J connectivity index is 1.40.